The van der Waals surface area contributed by atoms with Gasteiger partial charge in [-0.25, -0.2) is 4.40 Å². The molecule has 0 unspecified atom stereocenters. The number of hydrogen-bond acceptors (Lipinski definition) is 9. The fourth-order valence-corrected chi connectivity index (χ4v) is 4.26. The van der Waals surface area contributed by atoms with E-state index in [1.807, 2.05) is 0 Å². The molecule has 0 aliphatic carbocycles. The SMILES string of the molecule is COc1ccc(OC)c(/C=c2\sc3nnc(-c4cc(OC)c(OC)c(OC)c4)n3c2=O)c1. The van der Waals surface area contributed by atoms with Crippen LogP contribution in [0.5, 0.6) is 28.7 Å². The van der Waals surface area contributed by atoms with Crippen molar-refractivity contribution < 1.29 is 23.7 Å². The fraction of sp³-hybridized carbons (Fsp3) is 0.227. The second kappa shape index (κ2) is 8.75. The van der Waals surface area contributed by atoms with Crippen molar-refractivity contribution in [1.82, 2.24) is 14.6 Å². The summed E-state index contributed by atoms with van der Waals surface area (Å²) in [5, 5.41) is 8.41. The van der Waals surface area contributed by atoms with Crippen LogP contribution in [0.25, 0.3) is 22.4 Å². The molecular formula is C22H21N3O6S. The average molecular weight is 455 g/mol. The Labute approximate surface area is 187 Å². The molecule has 0 spiro atoms. The Bertz CT molecular complexity index is 1370. The van der Waals surface area contributed by atoms with Gasteiger partial charge in [-0.3, -0.25) is 4.79 Å². The molecule has 2 aromatic heterocycles. The summed E-state index contributed by atoms with van der Waals surface area (Å²) in [6.45, 7) is 0. The van der Waals surface area contributed by atoms with Crippen LogP contribution < -0.4 is 33.8 Å². The summed E-state index contributed by atoms with van der Waals surface area (Å²) < 4.78 is 28.9. The molecule has 9 nitrogen and oxygen atoms in total. The van der Waals surface area contributed by atoms with Crippen LogP contribution in [-0.4, -0.2) is 50.1 Å². The molecule has 4 rings (SSSR count). The van der Waals surface area contributed by atoms with Crippen molar-refractivity contribution >= 4 is 22.4 Å². The average Bonchev–Trinajstić information content (AvgIpc) is 3.37. The Kier molecular flexibility index (Phi) is 5.87. The minimum absolute atomic E-state index is 0.247. The van der Waals surface area contributed by atoms with Gasteiger partial charge in [-0.1, -0.05) is 11.3 Å². The van der Waals surface area contributed by atoms with E-state index in [1.165, 1.54) is 37.1 Å². The highest BCUT2D eigenvalue weighted by Crippen LogP contribution is 2.40. The minimum atomic E-state index is -0.247. The van der Waals surface area contributed by atoms with E-state index in [0.717, 1.165) is 5.56 Å². The van der Waals surface area contributed by atoms with E-state index >= 15 is 0 Å². The highest BCUT2D eigenvalue weighted by molar-refractivity contribution is 7.15. The lowest BCUT2D eigenvalue weighted by Gasteiger charge is -2.13. The van der Waals surface area contributed by atoms with Crippen molar-refractivity contribution in [3.63, 3.8) is 0 Å². The third kappa shape index (κ3) is 3.58. The molecular weight excluding hydrogens is 434 g/mol. The van der Waals surface area contributed by atoms with E-state index in [0.29, 0.717) is 49.6 Å². The van der Waals surface area contributed by atoms with E-state index in [9.17, 15) is 4.79 Å². The van der Waals surface area contributed by atoms with Gasteiger partial charge < -0.3 is 23.7 Å². The molecule has 2 heterocycles. The minimum Gasteiger partial charge on any atom is -0.497 e. The first kappa shape index (κ1) is 21.4. The number of ether oxygens (including phenoxy) is 5. The lowest BCUT2D eigenvalue weighted by Crippen LogP contribution is -2.23. The van der Waals surface area contributed by atoms with Gasteiger partial charge in [0.15, 0.2) is 17.3 Å². The molecule has 0 aliphatic heterocycles. The van der Waals surface area contributed by atoms with E-state index < -0.39 is 0 Å². The first-order valence-electron chi connectivity index (χ1n) is 9.46. The van der Waals surface area contributed by atoms with Crippen LogP contribution in [0.15, 0.2) is 35.1 Å². The summed E-state index contributed by atoms with van der Waals surface area (Å²) in [6, 6.07) is 8.84. The summed E-state index contributed by atoms with van der Waals surface area (Å²) in [6.07, 6.45) is 1.75. The zero-order chi connectivity index (χ0) is 22.8. The van der Waals surface area contributed by atoms with Gasteiger partial charge in [-0.2, -0.15) is 0 Å². The second-order valence-electron chi connectivity index (χ2n) is 6.58. The number of thiazole rings is 1. The molecule has 0 amide bonds. The number of aromatic nitrogens is 3. The normalized spacial score (nSPS) is 11.6. The molecule has 4 aromatic rings. The van der Waals surface area contributed by atoms with Gasteiger partial charge >= 0.3 is 0 Å². The van der Waals surface area contributed by atoms with Crippen LogP contribution in [0.3, 0.4) is 0 Å². The summed E-state index contributed by atoms with van der Waals surface area (Å²) in [5.74, 6) is 3.01. The molecule has 0 N–H and O–H groups in total. The first-order valence-corrected chi connectivity index (χ1v) is 10.3. The molecule has 0 atom stereocenters. The van der Waals surface area contributed by atoms with E-state index in [2.05, 4.69) is 10.2 Å². The summed E-state index contributed by atoms with van der Waals surface area (Å²) in [5.41, 5.74) is 1.08. The second-order valence-corrected chi connectivity index (χ2v) is 7.59. The first-order chi connectivity index (χ1) is 15.5. The van der Waals surface area contributed by atoms with Crippen molar-refractivity contribution in [3.05, 3.63) is 50.8 Å². The Morgan fingerprint density at radius 3 is 2.12 bits per heavy atom. The van der Waals surface area contributed by atoms with Gasteiger partial charge in [-0.15, -0.1) is 10.2 Å². The van der Waals surface area contributed by atoms with Crippen LogP contribution in [0, 0.1) is 0 Å². The fourth-order valence-electron chi connectivity index (χ4n) is 3.35. The molecule has 0 radical (unpaired) electrons. The lowest BCUT2D eigenvalue weighted by atomic mass is 10.1. The molecule has 166 valence electrons. The Morgan fingerprint density at radius 2 is 1.53 bits per heavy atom. The van der Waals surface area contributed by atoms with Crippen molar-refractivity contribution in [2.24, 2.45) is 0 Å². The number of fused-ring (bicyclic) bond motifs is 1. The monoisotopic (exact) mass is 455 g/mol. The highest BCUT2D eigenvalue weighted by atomic mass is 32.1. The van der Waals surface area contributed by atoms with Crippen molar-refractivity contribution in [2.45, 2.75) is 0 Å². The smallest absolute Gasteiger partial charge is 0.276 e. The van der Waals surface area contributed by atoms with Crippen LogP contribution >= 0.6 is 11.3 Å². The Morgan fingerprint density at radius 1 is 0.844 bits per heavy atom. The van der Waals surface area contributed by atoms with Gasteiger partial charge in [0.25, 0.3) is 5.56 Å². The summed E-state index contributed by atoms with van der Waals surface area (Å²) in [4.78, 5) is 13.7. The molecule has 0 saturated heterocycles. The van der Waals surface area contributed by atoms with Crippen LogP contribution in [0.1, 0.15) is 5.56 Å². The molecule has 2 aromatic carbocycles. The number of benzene rings is 2. The highest BCUT2D eigenvalue weighted by Gasteiger charge is 2.19. The predicted molar refractivity (Wildman–Crippen MR) is 121 cm³/mol. The molecule has 0 fully saturated rings. The zero-order valence-electron chi connectivity index (χ0n) is 18.2. The van der Waals surface area contributed by atoms with E-state index in [-0.39, 0.29) is 5.56 Å². The third-order valence-electron chi connectivity index (χ3n) is 4.89. The van der Waals surface area contributed by atoms with Gasteiger partial charge in [-0.05, 0) is 36.4 Å². The number of rotatable bonds is 7. The topological polar surface area (TPSA) is 93.4 Å². The summed E-state index contributed by atoms with van der Waals surface area (Å²) in [7, 11) is 7.74. The maximum Gasteiger partial charge on any atom is 0.276 e. The summed E-state index contributed by atoms with van der Waals surface area (Å²) >= 11 is 1.23. The van der Waals surface area contributed by atoms with Crippen molar-refractivity contribution in [2.75, 3.05) is 35.5 Å². The van der Waals surface area contributed by atoms with E-state index in [4.69, 9.17) is 23.7 Å². The number of methoxy groups -OCH3 is 5. The van der Waals surface area contributed by atoms with Crippen LogP contribution in [-0.2, 0) is 0 Å². The van der Waals surface area contributed by atoms with Gasteiger partial charge in [0.1, 0.15) is 11.5 Å². The third-order valence-corrected chi connectivity index (χ3v) is 5.85. The zero-order valence-corrected chi connectivity index (χ0v) is 19.0. The van der Waals surface area contributed by atoms with Crippen LogP contribution in [0.2, 0.25) is 0 Å². The molecule has 0 bridgehead atoms. The van der Waals surface area contributed by atoms with Crippen molar-refractivity contribution in [3.8, 4) is 40.1 Å². The van der Waals surface area contributed by atoms with Crippen molar-refractivity contribution in [1.29, 1.82) is 0 Å². The Balaban J connectivity index is 1.91. The molecule has 0 aliphatic rings. The maximum absolute atomic E-state index is 13.3. The number of nitrogens with zero attached hydrogens (tertiary/aromatic N) is 3. The van der Waals surface area contributed by atoms with Gasteiger partial charge in [0.05, 0.1) is 40.1 Å². The van der Waals surface area contributed by atoms with Crippen LogP contribution in [0.4, 0.5) is 0 Å². The molecule has 32 heavy (non-hydrogen) atoms. The van der Waals surface area contributed by atoms with Gasteiger partial charge in [0, 0.05) is 11.1 Å². The standard InChI is InChI=1S/C22H21N3O6S/c1-27-14-6-7-15(28-2)12(8-14)11-18-21(26)25-20(23-24-22(25)32-18)13-9-16(29-3)19(31-5)17(10-13)30-4/h6-11H,1-5H3/b18-11-. The van der Waals surface area contributed by atoms with Gasteiger partial charge in [0.2, 0.25) is 10.7 Å². The van der Waals surface area contributed by atoms with E-state index in [1.54, 1.807) is 50.6 Å². The Hall–Kier alpha value is -3.79. The maximum atomic E-state index is 13.3. The lowest BCUT2D eigenvalue weighted by molar-refractivity contribution is 0.324. The number of hydrogen-bond donors (Lipinski definition) is 0. The predicted octanol–water partition coefficient (Wildman–Crippen LogP) is 2.41. The molecule has 10 heteroatoms. The largest absolute Gasteiger partial charge is 0.497 e. The molecule has 0 saturated carbocycles. The quantitative estimate of drug-likeness (QED) is 0.420.